The molecule has 110 valence electrons. The SMILES string of the molecule is O=C(O)C(=O)C(Cc1c[nH]c2ccccc12)C(O)C(=O)O. The summed E-state index contributed by atoms with van der Waals surface area (Å²) in [6.45, 7) is 0. The number of hydrogen-bond acceptors (Lipinski definition) is 4. The highest BCUT2D eigenvalue weighted by atomic mass is 16.4. The van der Waals surface area contributed by atoms with Gasteiger partial charge in [-0.2, -0.15) is 0 Å². The smallest absolute Gasteiger partial charge is 0.372 e. The Hall–Kier alpha value is -2.67. The number of aromatic nitrogens is 1. The zero-order chi connectivity index (χ0) is 15.6. The number of carboxylic acid groups (broad SMARTS) is 2. The molecule has 0 bridgehead atoms. The number of benzene rings is 1. The molecule has 2 rings (SSSR count). The Morgan fingerprint density at radius 3 is 2.43 bits per heavy atom. The van der Waals surface area contributed by atoms with E-state index in [4.69, 9.17) is 10.2 Å². The topological polar surface area (TPSA) is 128 Å². The molecule has 0 aliphatic rings. The van der Waals surface area contributed by atoms with Crippen molar-refractivity contribution in [1.82, 2.24) is 4.98 Å². The lowest BCUT2D eigenvalue weighted by Crippen LogP contribution is -2.39. The van der Waals surface area contributed by atoms with Gasteiger partial charge in [-0.05, 0) is 18.1 Å². The van der Waals surface area contributed by atoms with Gasteiger partial charge in [0.15, 0.2) is 6.10 Å². The summed E-state index contributed by atoms with van der Waals surface area (Å²) in [5.41, 5.74) is 1.35. The van der Waals surface area contributed by atoms with Crippen LogP contribution in [-0.4, -0.2) is 44.1 Å². The quantitative estimate of drug-likeness (QED) is 0.571. The summed E-state index contributed by atoms with van der Waals surface area (Å²) in [5.74, 6) is -6.26. The minimum Gasteiger partial charge on any atom is -0.479 e. The summed E-state index contributed by atoms with van der Waals surface area (Å²) in [4.78, 5) is 36.2. The van der Waals surface area contributed by atoms with Gasteiger partial charge in [0.05, 0.1) is 5.92 Å². The van der Waals surface area contributed by atoms with Gasteiger partial charge < -0.3 is 20.3 Å². The molecule has 0 saturated carbocycles. The number of H-pyrrole nitrogens is 1. The van der Waals surface area contributed by atoms with Gasteiger partial charge >= 0.3 is 11.9 Å². The lowest BCUT2D eigenvalue weighted by molar-refractivity contribution is -0.158. The van der Waals surface area contributed by atoms with E-state index >= 15 is 0 Å². The first-order chi connectivity index (χ1) is 9.91. The van der Waals surface area contributed by atoms with E-state index < -0.39 is 29.7 Å². The molecule has 0 amide bonds. The summed E-state index contributed by atoms with van der Waals surface area (Å²) < 4.78 is 0. The van der Waals surface area contributed by atoms with Crippen LogP contribution in [0.1, 0.15) is 5.56 Å². The van der Waals surface area contributed by atoms with Gasteiger partial charge in [-0.25, -0.2) is 9.59 Å². The fourth-order valence-corrected chi connectivity index (χ4v) is 2.22. The minimum absolute atomic E-state index is 0.178. The van der Waals surface area contributed by atoms with Gasteiger partial charge in [0, 0.05) is 17.1 Å². The third-order valence-corrected chi connectivity index (χ3v) is 3.30. The van der Waals surface area contributed by atoms with E-state index in [1.165, 1.54) is 0 Å². The van der Waals surface area contributed by atoms with Crippen molar-refractivity contribution in [3.8, 4) is 0 Å². The van der Waals surface area contributed by atoms with E-state index in [1.54, 1.807) is 30.5 Å². The maximum Gasteiger partial charge on any atom is 0.372 e. The molecule has 0 radical (unpaired) electrons. The highest BCUT2D eigenvalue weighted by Crippen LogP contribution is 2.23. The van der Waals surface area contributed by atoms with Crippen LogP contribution in [0.25, 0.3) is 10.9 Å². The largest absolute Gasteiger partial charge is 0.479 e. The first-order valence-corrected chi connectivity index (χ1v) is 6.14. The summed E-state index contributed by atoms with van der Waals surface area (Å²) in [5, 5.41) is 27.9. The van der Waals surface area contributed by atoms with Crippen molar-refractivity contribution in [3.05, 3.63) is 36.0 Å². The number of nitrogens with one attached hydrogen (secondary N) is 1. The molecule has 2 atom stereocenters. The zero-order valence-electron chi connectivity index (χ0n) is 10.8. The number of fused-ring (bicyclic) bond motifs is 1. The third kappa shape index (κ3) is 2.92. The molecule has 1 aromatic carbocycles. The Balaban J connectivity index is 2.36. The molecule has 2 aromatic rings. The highest BCUT2D eigenvalue weighted by molar-refractivity contribution is 6.34. The number of ketones is 1. The number of aliphatic hydroxyl groups is 1. The van der Waals surface area contributed by atoms with Gasteiger partial charge in [-0.1, -0.05) is 18.2 Å². The number of hydrogen-bond donors (Lipinski definition) is 4. The van der Waals surface area contributed by atoms with Crippen LogP contribution in [0.4, 0.5) is 0 Å². The standard InChI is InChI=1S/C14H13NO6/c16-11(13(18)19)9(12(17)14(20)21)5-7-6-15-10-4-2-1-3-8(7)10/h1-4,6,9,11,15-16H,5H2,(H,18,19)(H,20,21). The zero-order valence-corrected chi connectivity index (χ0v) is 10.8. The molecule has 2 unspecified atom stereocenters. The molecule has 0 fully saturated rings. The predicted molar refractivity (Wildman–Crippen MR) is 71.8 cm³/mol. The van der Waals surface area contributed by atoms with Crippen LogP contribution in [0.3, 0.4) is 0 Å². The monoisotopic (exact) mass is 291 g/mol. The Bertz CT molecular complexity index is 704. The highest BCUT2D eigenvalue weighted by Gasteiger charge is 2.36. The molecule has 1 aromatic heterocycles. The van der Waals surface area contributed by atoms with Gasteiger partial charge in [0.25, 0.3) is 0 Å². The Labute approximate surface area is 118 Å². The first-order valence-electron chi connectivity index (χ1n) is 6.14. The molecular weight excluding hydrogens is 278 g/mol. The maximum atomic E-state index is 11.6. The number of aromatic amines is 1. The second kappa shape index (κ2) is 5.76. The van der Waals surface area contributed by atoms with E-state index in [9.17, 15) is 19.5 Å². The van der Waals surface area contributed by atoms with Crippen LogP contribution < -0.4 is 0 Å². The average molecular weight is 291 g/mol. The van der Waals surface area contributed by atoms with Crippen molar-refractivity contribution in [1.29, 1.82) is 0 Å². The van der Waals surface area contributed by atoms with Crippen molar-refractivity contribution in [2.45, 2.75) is 12.5 Å². The van der Waals surface area contributed by atoms with Crippen molar-refractivity contribution in [3.63, 3.8) is 0 Å². The normalized spacial score (nSPS) is 13.8. The fourth-order valence-electron chi connectivity index (χ4n) is 2.22. The molecule has 1 heterocycles. The summed E-state index contributed by atoms with van der Waals surface area (Å²) in [6.07, 6.45) is -0.675. The first kappa shape index (κ1) is 14.7. The molecule has 0 spiro atoms. The number of Topliss-reactive ketones (excluding diaryl/α,β-unsaturated/α-hetero) is 1. The molecule has 0 aliphatic carbocycles. The number of para-hydroxylation sites is 1. The van der Waals surface area contributed by atoms with E-state index in [0.717, 1.165) is 10.9 Å². The summed E-state index contributed by atoms with van der Waals surface area (Å²) in [7, 11) is 0. The molecule has 4 N–H and O–H groups in total. The fraction of sp³-hybridized carbons (Fsp3) is 0.214. The van der Waals surface area contributed by atoms with Gasteiger partial charge in [-0.3, -0.25) is 4.79 Å². The van der Waals surface area contributed by atoms with E-state index in [1.807, 2.05) is 0 Å². The molecule has 0 saturated heterocycles. The minimum atomic E-state index is -2.07. The number of aliphatic hydroxyl groups excluding tert-OH is 1. The van der Waals surface area contributed by atoms with Crippen molar-refractivity contribution >= 4 is 28.6 Å². The van der Waals surface area contributed by atoms with Crippen LogP contribution in [0.15, 0.2) is 30.5 Å². The van der Waals surface area contributed by atoms with Crippen LogP contribution in [-0.2, 0) is 20.8 Å². The summed E-state index contributed by atoms with van der Waals surface area (Å²) >= 11 is 0. The van der Waals surface area contributed by atoms with Crippen molar-refractivity contribution in [2.24, 2.45) is 5.92 Å². The number of aliphatic carboxylic acids is 2. The Kier molecular flexibility index (Phi) is 4.04. The van der Waals surface area contributed by atoms with Crippen molar-refractivity contribution < 1.29 is 29.7 Å². The molecule has 7 heteroatoms. The van der Waals surface area contributed by atoms with Gasteiger partial charge in [-0.15, -0.1) is 0 Å². The number of rotatable bonds is 6. The van der Waals surface area contributed by atoms with Crippen LogP contribution in [0.5, 0.6) is 0 Å². The molecule has 21 heavy (non-hydrogen) atoms. The molecule has 7 nitrogen and oxygen atoms in total. The predicted octanol–water partition coefficient (Wildman–Crippen LogP) is 0.426. The van der Waals surface area contributed by atoms with E-state index in [-0.39, 0.29) is 6.42 Å². The molecule has 0 aliphatic heterocycles. The van der Waals surface area contributed by atoms with Crippen LogP contribution in [0.2, 0.25) is 0 Å². The van der Waals surface area contributed by atoms with Gasteiger partial charge in [0.2, 0.25) is 5.78 Å². The second-order valence-electron chi connectivity index (χ2n) is 4.62. The number of carbonyl (C=O) groups is 3. The van der Waals surface area contributed by atoms with Crippen LogP contribution >= 0.6 is 0 Å². The van der Waals surface area contributed by atoms with Crippen molar-refractivity contribution in [2.75, 3.05) is 0 Å². The summed E-state index contributed by atoms with van der Waals surface area (Å²) in [6, 6.07) is 7.12. The molecular formula is C14H13NO6. The van der Waals surface area contributed by atoms with E-state index in [0.29, 0.717) is 5.56 Å². The van der Waals surface area contributed by atoms with E-state index in [2.05, 4.69) is 4.98 Å². The lowest BCUT2D eigenvalue weighted by Gasteiger charge is -2.16. The van der Waals surface area contributed by atoms with Crippen LogP contribution in [0, 0.1) is 5.92 Å². The Morgan fingerprint density at radius 2 is 1.81 bits per heavy atom. The second-order valence-corrected chi connectivity index (χ2v) is 4.62. The number of carbonyl (C=O) groups excluding carboxylic acids is 1. The number of carboxylic acids is 2. The third-order valence-electron chi connectivity index (χ3n) is 3.30. The lowest BCUT2D eigenvalue weighted by atomic mass is 9.90. The Morgan fingerprint density at radius 1 is 1.14 bits per heavy atom. The van der Waals surface area contributed by atoms with Gasteiger partial charge in [0.1, 0.15) is 0 Å². The maximum absolute atomic E-state index is 11.6. The average Bonchev–Trinajstić information content (AvgIpc) is 2.86.